The zero-order valence-corrected chi connectivity index (χ0v) is 20.4. The Balaban J connectivity index is 1.37. The number of Topliss-reactive ketones (excluding diaryl/α,β-unsaturated/α-hetero) is 1. The highest BCUT2D eigenvalue weighted by Crippen LogP contribution is 2.49. The van der Waals surface area contributed by atoms with Crippen molar-refractivity contribution in [2.75, 3.05) is 5.01 Å². The summed E-state index contributed by atoms with van der Waals surface area (Å²) >= 11 is 0. The molecule has 6 rings (SSSR count). The SMILES string of the molecule is O=C(O)c1cccc(-c2cccc(N3NC34C=CC3=C(C4=O)C(c4cccc(C(F)(F)F)c4)[N+](=O)C=C3)c2O)c1. The second-order valence-electron chi connectivity index (χ2n) is 9.51. The molecule has 3 aromatic rings. The van der Waals surface area contributed by atoms with Gasteiger partial charge in [0.2, 0.25) is 17.6 Å². The fourth-order valence-electron chi connectivity index (χ4n) is 5.13. The van der Waals surface area contributed by atoms with Gasteiger partial charge in [0.15, 0.2) is 0 Å². The van der Waals surface area contributed by atoms with Crippen LogP contribution in [0.25, 0.3) is 11.1 Å². The van der Waals surface area contributed by atoms with E-state index in [0.717, 1.165) is 18.3 Å². The number of carbonyl (C=O) groups is 2. The molecule has 0 aromatic heterocycles. The molecule has 40 heavy (non-hydrogen) atoms. The summed E-state index contributed by atoms with van der Waals surface area (Å²) in [5.74, 6) is -1.91. The Bertz CT molecular complexity index is 1730. The van der Waals surface area contributed by atoms with Crippen LogP contribution in [0.5, 0.6) is 5.75 Å². The fraction of sp³-hybridized carbons (Fsp3) is 0.103. The van der Waals surface area contributed by atoms with Crippen LogP contribution in [0, 0.1) is 4.91 Å². The van der Waals surface area contributed by atoms with Gasteiger partial charge in [-0.3, -0.25) is 9.80 Å². The number of carboxylic acids is 1. The van der Waals surface area contributed by atoms with Gasteiger partial charge in [-0.15, -0.1) is 0 Å². The number of para-hydroxylation sites is 1. The molecule has 2 atom stereocenters. The van der Waals surface area contributed by atoms with Gasteiger partial charge < -0.3 is 10.2 Å². The van der Waals surface area contributed by atoms with Crippen LogP contribution in [0.4, 0.5) is 18.9 Å². The quantitative estimate of drug-likeness (QED) is 0.301. The average molecular weight is 546 g/mol. The second-order valence-corrected chi connectivity index (χ2v) is 9.51. The van der Waals surface area contributed by atoms with Crippen molar-refractivity contribution in [3.05, 3.63) is 124 Å². The predicted octanol–water partition coefficient (Wildman–Crippen LogP) is 5.28. The van der Waals surface area contributed by atoms with E-state index in [2.05, 4.69) is 5.43 Å². The molecule has 0 saturated carbocycles. The van der Waals surface area contributed by atoms with Gasteiger partial charge in [-0.05, 0) is 47.5 Å². The first kappa shape index (κ1) is 25.3. The number of nitroso groups, excluding NO2 is 1. The average Bonchev–Trinajstić information content (AvgIpc) is 3.65. The topological polar surface area (TPSA) is 120 Å². The van der Waals surface area contributed by atoms with E-state index < -0.39 is 35.2 Å². The number of aromatic hydroxyl groups is 1. The van der Waals surface area contributed by atoms with E-state index in [1.54, 1.807) is 42.5 Å². The van der Waals surface area contributed by atoms with Crippen LogP contribution in [0.1, 0.15) is 27.5 Å². The smallest absolute Gasteiger partial charge is 0.416 e. The van der Waals surface area contributed by atoms with E-state index in [0.29, 0.717) is 21.5 Å². The van der Waals surface area contributed by atoms with Crippen LogP contribution in [0.3, 0.4) is 0 Å². The monoisotopic (exact) mass is 546 g/mol. The Morgan fingerprint density at radius 1 is 1.02 bits per heavy atom. The highest BCUT2D eigenvalue weighted by atomic mass is 19.4. The van der Waals surface area contributed by atoms with Crippen molar-refractivity contribution in [1.82, 2.24) is 5.43 Å². The summed E-state index contributed by atoms with van der Waals surface area (Å²) in [6.45, 7) is 0. The summed E-state index contributed by atoms with van der Waals surface area (Å²) in [5.41, 5.74) is 1.93. The van der Waals surface area contributed by atoms with Crippen molar-refractivity contribution in [2.45, 2.75) is 17.9 Å². The Morgan fingerprint density at radius 3 is 2.52 bits per heavy atom. The van der Waals surface area contributed by atoms with Gasteiger partial charge in [-0.2, -0.15) is 18.6 Å². The maximum absolute atomic E-state index is 13.9. The number of ketones is 1. The Morgan fingerprint density at radius 2 is 1.77 bits per heavy atom. The minimum absolute atomic E-state index is 0.0100. The first-order valence-corrected chi connectivity index (χ1v) is 12.0. The Labute approximate surface area is 224 Å². The van der Waals surface area contributed by atoms with Crippen molar-refractivity contribution in [3.8, 4) is 16.9 Å². The molecule has 3 aromatic carbocycles. The van der Waals surface area contributed by atoms with E-state index in [-0.39, 0.29) is 28.1 Å². The maximum Gasteiger partial charge on any atom is 0.416 e. The van der Waals surface area contributed by atoms with E-state index in [1.165, 1.54) is 35.4 Å². The summed E-state index contributed by atoms with van der Waals surface area (Å²) in [6.07, 6.45) is 1.11. The highest BCUT2D eigenvalue weighted by Gasteiger charge is 2.62. The summed E-state index contributed by atoms with van der Waals surface area (Å²) in [4.78, 5) is 38.2. The molecule has 200 valence electrons. The molecule has 2 heterocycles. The number of halogens is 3. The number of phenols is 1. The van der Waals surface area contributed by atoms with Crippen LogP contribution < -0.4 is 10.4 Å². The van der Waals surface area contributed by atoms with Crippen molar-refractivity contribution in [1.29, 1.82) is 0 Å². The van der Waals surface area contributed by atoms with Crippen LogP contribution in [-0.2, 0) is 11.0 Å². The molecule has 0 radical (unpaired) electrons. The molecule has 1 saturated heterocycles. The third-order valence-electron chi connectivity index (χ3n) is 7.13. The molecule has 1 fully saturated rings. The van der Waals surface area contributed by atoms with Crippen LogP contribution in [0.15, 0.2) is 102 Å². The molecule has 1 spiro atoms. The number of anilines is 1. The van der Waals surface area contributed by atoms with Crippen molar-refractivity contribution in [3.63, 3.8) is 0 Å². The number of hydrazine groups is 1. The zero-order valence-electron chi connectivity index (χ0n) is 20.4. The number of nitrogens with zero attached hydrogens (tertiary/aromatic N) is 2. The molecule has 3 aliphatic rings. The van der Waals surface area contributed by atoms with Gasteiger partial charge in [0.25, 0.3) is 6.04 Å². The van der Waals surface area contributed by atoms with Crippen LogP contribution in [-0.4, -0.2) is 32.4 Å². The van der Waals surface area contributed by atoms with E-state index >= 15 is 0 Å². The zero-order chi connectivity index (χ0) is 28.4. The molecule has 1 aliphatic carbocycles. The number of benzene rings is 3. The van der Waals surface area contributed by atoms with Gasteiger partial charge in [0.1, 0.15) is 5.75 Å². The van der Waals surface area contributed by atoms with Crippen LogP contribution in [0.2, 0.25) is 0 Å². The third-order valence-corrected chi connectivity index (χ3v) is 7.13. The van der Waals surface area contributed by atoms with Gasteiger partial charge in [-0.1, -0.05) is 42.5 Å². The van der Waals surface area contributed by atoms with E-state index in [4.69, 9.17) is 0 Å². The molecule has 2 aliphatic heterocycles. The number of allylic oxidation sites excluding steroid dienone is 3. The lowest BCUT2D eigenvalue weighted by Gasteiger charge is -2.23. The van der Waals surface area contributed by atoms with Gasteiger partial charge >= 0.3 is 12.1 Å². The van der Waals surface area contributed by atoms with Gasteiger partial charge in [0, 0.05) is 26.9 Å². The van der Waals surface area contributed by atoms with Gasteiger partial charge in [-0.25, -0.2) is 4.79 Å². The van der Waals surface area contributed by atoms with Crippen molar-refractivity contribution in [2.24, 2.45) is 0 Å². The number of rotatable bonds is 4. The lowest BCUT2D eigenvalue weighted by molar-refractivity contribution is -0.518. The highest BCUT2D eigenvalue weighted by molar-refractivity contribution is 6.12. The van der Waals surface area contributed by atoms with Gasteiger partial charge in [0.05, 0.1) is 22.4 Å². The molecule has 11 heteroatoms. The standard InChI is InChI=1S/C29H18F3N3O5/c30-29(31,32)20-7-2-5-18(15-20)24-23-16(11-13-34(24)40)10-12-28(26(23)37)33-35(28)22-9-3-8-21(25(22)36)17-4-1-6-19(14-17)27(38)39/h1-15,24,33H,(H-,36,38,39)/p+1. The third kappa shape index (κ3) is 3.90. The fourth-order valence-corrected chi connectivity index (χ4v) is 5.13. The summed E-state index contributed by atoms with van der Waals surface area (Å²) in [5, 5.41) is 21.9. The summed E-state index contributed by atoms with van der Waals surface area (Å²) in [7, 11) is 0. The normalized spacial score (nSPS) is 21.7. The minimum atomic E-state index is -4.63. The first-order chi connectivity index (χ1) is 19.0. The maximum atomic E-state index is 13.9. The number of aromatic carboxylic acids is 1. The molecule has 0 bridgehead atoms. The largest absolute Gasteiger partial charge is 0.505 e. The molecular weight excluding hydrogens is 527 g/mol. The van der Waals surface area contributed by atoms with E-state index in [1.807, 2.05) is 0 Å². The number of phenolic OH excluding ortho intramolecular Hbond substituents is 1. The number of nitrogens with one attached hydrogen (secondary N) is 1. The lowest BCUT2D eigenvalue weighted by atomic mass is 9.81. The molecule has 8 nitrogen and oxygen atoms in total. The molecule has 2 unspecified atom stereocenters. The first-order valence-electron chi connectivity index (χ1n) is 12.0. The summed E-state index contributed by atoms with van der Waals surface area (Å²) < 4.78 is 40.7. The predicted molar refractivity (Wildman–Crippen MR) is 137 cm³/mol. The Kier molecular flexibility index (Phi) is 5.52. The number of alkyl halides is 3. The summed E-state index contributed by atoms with van der Waals surface area (Å²) in [6, 6.07) is 13.8. The molecular formula is C29H19F3N3O5+. The number of carboxylic acid groups (broad SMARTS) is 1. The number of carbonyl (C=O) groups excluding carboxylic acids is 1. The number of hydrogen-bond acceptors (Lipinski definition) is 6. The number of hydrogen-bond donors (Lipinski definition) is 3. The minimum Gasteiger partial charge on any atom is -0.505 e. The lowest BCUT2D eigenvalue weighted by Crippen LogP contribution is -2.37. The van der Waals surface area contributed by atoms with Crippen molar-refractivity contribution < 1.29 is 37.7 Å². The second kappa shape index (κ2) is 8.75. The van der Waals surface area contributed by atoms with Crippen molar-refractivity contribution >= 4 is 17.4 Å². The van der Waals surface area contributed by atoms with E-state index in [9.17, 15) is 37.9 Å². The molecule has 0 amide bonds. The molecule has 3 N–H and O–H groups in total. The Hall–Kier alpha value is -5.03. The van der Waals surface area contributed by atoms with Crippen LogP contribution >= 0.6 is 0 Å².